The van der Waals surface area contributed by atoms with Crippen molar-refractivity contribution in [2.75, 3.05) is 7.11 Å². The molecule has 19 heavy (non-hydrogen) atoms. The summed E-state index contributed by atoms with van der Waals surface area (Å²) in [5, 5.41) is 10.2. The molecule has 1 atom stereocenters. The average molecular weight is 259 g/mol. The zero-order valence-corrected chi connectivity index (χ0v) is 11.0. The topological polar surface area (TPSA) is 51.5 Å². The quantitative estimate of drug-likeness (QED) is 0.912. The largest absolute Gasteiger partial charge is 0.497 e. The fraction of sp³-hybridized carbons (Fsp3) is 0.267. The highest BCUT2D eigenvalue weighted by molar-refractivity contribution is 5.29. The third-order valence-electron chi connectivity index (χ3n) is 3.10. The number of aliphatic hydroxyl groups is 1. The lowest BCUT2D eigenvalue weighted by Gasteiger charge is -2.15. The van der Waals surface area contributed by atoms with Gasteiger partial charge in [0.05, 0.1) is 19.8 Å². The maximum atomic E-state index is 11.8. The van der Waals surface area contributed by atoms with Crippen molar-refractivity contribution < 1.29 is 9.84 Å². The highest BCUT2D eigenvalue weighted by atomic mass is 16.5. The van der Waals surface area contributed by atoms with E-state index >= 15 is 0 Å². The molecule has 100 valence electrons. The molecule has 0 aliphatic carbocycles. The summed E-state index contributed by atoms with van der Waals surface area (Å²) in [6.07, 6.45) is -0.742. The number of aromatic nitrogens is 1. The monoisotopic (exact) mass is 259 g/mol. The standard InChI is InChI=1S/C15H17NO3/c1-11-5-3-8-15(18)16(11)10-14(17)12-6-4-7-13(9-12)19-2/h3-9,14,17H,10H2,1-2H3. The van der Waals surface area contributed by atoms with Crippen molar-refractivity contribution in [1.82, 2.24) is 4.57 Å². The third kappa shape index (κ3) is 3.03. The van der Waals surface area contributed by atoms with Gasteiger partial charge >= 0.3 is 0 Å². The highest BCUT2D eigenvalue weighted by Gasteiger charge is 2.11. The van der Waals surface area contributed by atoms with Crippen molar-refractivity contribution in [3.8, 4) is 5.75 Å². The Morgan fingerprint density at radius 2 is 2.00 bits per heavy atom. The number of rotatable bonds is 4. The number of nitrogens with zero attached hydrogens (tertiary/aromatic N) is 1. The summed E-state index contributed by atoms with van der Waals surface area (Å²) >= 11 is 0. The minimum absolute atomic E-state index is 0.109. The van der Waals surface area contributed by atoms with Crippen LogP contribution in [0.1, 0.15) is 17.4 Å². The van der Waals surface area contributed by atoms with Crippen molar-refractivity contribution in [3.63, 3.8) is 0 Å². The maximum Gasteiger partial charge on any atom is 0.250 e. The first-order valence-electron chi connectivity index (χ1n) is 6.10. The normalized spacial score (nSPS) is 12.2. The van der Waals surface area contributed by atoms with E-state index in [1.807, 2.05) is 31.2 Å². The lowest BCUT2D eigenvalue weighted by molar-refractivity contribution is 0.154. The van der Waals surface area contributed by atoms with Gasteiger partial charge in [-0.15, -0.1) is 0 Å². The Labute approximate surface area is 111 Å². The predicted molar refractivity (Wildman–Crippen MR) is 73.4 cm³/mol. The fourth-order valence-electron chi connectivity index (χ4n) is 1.98. The molecule has 0 saturated carbocycles. The van der Waals surface area contributed by atoms with Crippen molar-refractivity contribution in [1.29, 1.82) is 0 Å². The molecule has 0 bridgehead atoms. The fourth-order valence-corrected chi connectivity index (χ4v) is 1.98. The Hall–Kier alpha value is -2.07. The van der Waals surface area contributed by atoms with Gasteiger partial charge in [-0.3, -0.25) is 4.79 Å². The minimum Gasteiger partial charge on any atom is -0.497 e. The van der Waals surface area contributed by atoms with E-state index < -0.39 is 6.10 Å². The van der Waals surface area contributed by atoms with Gasteiger partial charge in [0.25, 0.3) is 5.56 Å². The summed E-state index contributed by atoms with van der Waals surface area (Å²) in [4.78, 5) is 11.8. The van der Waals surface area contributed by atoms with Gasteiger partial charge in [-0.25, -0.2) is 0 Å². The molecule has 4 nitrogen and oxygen atoms in total. The number of aryl methyl sites for hydroxylation is 1. The van der Waals surface area contributed by atoms with Crippen LogP contribution in [0.25, 0.3) is 0 Å². The van der Waals surface area contributed by atoms with Crippen LogP contribution in [-0.4, -0.2) is 16.8 Å². The zero-order chi connectivity index (χ0) is 13.8. The molecule has 1 unspecified atom stereocenters. The van der Waals surface area contributed by atoms with Crippen LogP contribution in [0.4, 0.5) is 0 Å². The van der Waals surface area contributed by atoms with Gasteiger partial charge in [0.1, 0.15) is 5.75 Å². The smallest absolute Gasteiger partial charge is 0.250 e. The molecule has 0 saturated heterocycles. The zero-order valence-electron chi connectivity index (χ0n) is 11.0. The number of methoxy groups -OCH3 is 1. The number of hydrogen-bond donors (Lipinski definition) is 1. The first kappa shape index (κ1) is 13.4. The van der Waals surface area contributed by atoms with E-state index in [0.29, 0.717) is 5.75 Å². The van der Waals surface area contributed by atoms with E-state index in [4.69, 9.17) is 4.74 Å². The summed E-state index contributed by atoms with van der Waals surface area (Å²) in [5.74, 6) is 0.689. The minimum atomic E-state index is -0.742. The van der Waals surface area contributed by atoms with E-state index in [2.05, 4.69) is 0 Å². The SMILES string of the molecule is COc1cccc(C(O)Cn2c(C)cccc2=O)c1. The molecule has 1 heterocycles. The number of benzene rings is 1. The average Bonchev–Trinajstić information content (AvgIpc) is 2.43. The summed E-state index contributed by atoms with van der Waals surface area (Å²) in [5.41, 5.74) is 1.45. The van der Waals surface area contributed by atoms with Crippen LogP contribution >= 0.6 is 0 Å². The second-order valence-corrected chi connectivity index (χ2v) is 4.41. The Morgan fingerprint density at radius 3 is 2.68 bits per heavy atom. The van der Waals surface area contributed by atoms with Crippen molar-refractivity contribution in [2.45, 2.75) is 19.6 Å². The molecule has 2 rings (SSSR count). The van der Waals surface area contributed by atoms with Crippen LogP contribution in [0.3, 0.4) is 0 Å². The molecule has 0 fully saturated rings. The van der Waals surface area contributed by atoms with Crippen LogP contribution in [0.15, 0.2) is 47.3 Å². The van der Waals surface area contributed by atoms with Crippen molar-refractivity contribution >= 4 is 0 Å². The molecule has 2 aromatic rings. The van der Waals surface area contributed by atoms with E-state index in [1.165, 1.54) is 6.07 Å². The molecule has 0 aliphatic heterocycles. The van der Waals surface area contributed by atoms with E-state index in [1.54, 1.807) is 23.8 Å². The first-order chi connectivity index (χ1) is 9.11. The molecule has 0 amide bonds. The Bertz CT molecular complexity index is 619. The van der Waals surface area contributed by atoms with Gasteiger partial charge in [-0.2, -0.15) is 0 Å². The molecule has 1 aromatic carbocycles. The van der Waals surface area contributed by atoms with Gasteiger partial charge in [-0.05, 0) is 30.7 Å². The maximum absolute atomic E-state index is 11.8. The van der Waals surface area contributed by atoms with E-state index in [9.17, 15) is 9.90 Å². The highest BCUT2D eigenvalue weighted by Crippen LogP contribution is 2.20. The molecule has 0 radical (unpaired) electrons. The van der Waals surface area contributed by atoms with E-state index in [-0.39, 0.29) is 12.1 Å². The van der Waals surface area contributed by atoms with Gasteiger partial charge in [0, 0.05) is 11.8 Å². The van der Waals surface area contributed by atoms with E-state index in [0.717, 1.165) is 11.3 Å². The molecular weight excluding hydrogens is 242 g/mol. The molecule has 0 spiro atoms. The van der Waals surface area contributed by atoms with Gasteiger partial charge in [-0.1, -0.05) is 18.2 Å². The first-order valence-corrected chi connectivity index (χ1v) is 6.10. The number of pyridine rings is 1. The van der Waals surface area contributed by atoms with Crippen LogP contribution in [-0.2, 0) is 6.54 Å². The van der Waals surface area contributed by atoms with Crippen LogP contribution < -0.4 is 10.3 Å². The van der Waals surface area contributed by atoms with Crippen molar-refractivity contribution in [2.24, 2.45) is 0 Å². The molecular formula is C15H17NO3. The summed E-state index contributed by atoms with van der Waals surface area (Å²) in [6.45, 7) is 2.08. The molecule has 1 aromatic heterocycles. The molecule has 0 aliphatic rings. The molecule has 1 N–H and O–H groups in total. The lowest BCUT2D eigenvalue weighted by Crippen LogP contribution is -2.24. The Balaban J connectivity index is 2.25. The number of hydrogen-bond acceptors (Lipinski definition) is 3. The van der Waals surface area contributed by atoms with Crippen LogP contribution in [0.5, 0.6) is 5.75 Å². The third-order valence-corrected chi connectivity index (χ3v) is 3.10. The van der Waals surface area contributed by atoms with Crippen LogP contribution in [0.2, 0.25) is 0 Å². The van der Waals surface area contributed by atoms with Gasteiger partial charge in [0.2, 0.25) is 0 Å². The number of aliphatic hydroxyl groups excluding tert-OH is 1. The lowest BCUT2D eigenvalue weighted by atomic mass is 10.1. The van der Waals surface area contributed by atoms with Crippen LogP contribution in [0, 0.1) is 6.92 Å². The summed E-state index contributed by atoms with van der Waals surface area (Å²) in [7, 11) is 1.58. The molecule has 4 heteroatoms. The van der Waals surface area contributed by atoms with Gasteiger partial charge < -0.3 is 14.4 Å². The summed E-state index contributed by atoms with van der Waals surface area (Å²) < 4.78 is 6.68. The Kier molecular flexibility index (Phi) is 4.02. The second-order valence-electron chi connectivity index (χ2n) is 4.41. The van der Waals surface area contributed by atoms with Crippen molar-refractivity contribution in [3.05, 3.63) is 64.1 Å². The Morgan fingerprint density at radius 1 is 1.26 bits per heavy atom. The predicted octanol–water partition coefficient (Wildman–Crippen LogP) is 1.90. The number of ether oxygens (including phenoxy) is 1. The summed E-state index contributed by atoms with van der Waals surface area (Å²) in [6, 6.07) is 12.3. The van der Waals surface area contributed by atoms with Gasteiger partial charge in [0.15, 0.2) is 0 Å². The second kappa shape index (κ2) is 5.71.